The molecule has 0 spiro atoms. The minimum absolute atomic E-state index is 0.132. The van der Waals surface area contributed by atoms with Crippen LogP contribution in [0.5, 0.6) is 0 Å². The molecule has 8 heteroatoms. The van der Waals surface area contributed by atoms with E-state index in [4.69, 9.17) is 0 Å². The van der Waals surface area contributed by atoms with Crippen LogP contribution in [0.3, 0.4) is 0 Å². The number of aromatic amines is 1. The molecule has 0 unspecified atom stereocenters. The number of hydrogen-bond acceptors (Lipinski definition) is 4. The number of sulfonamides is 1. The molecular formula is C19H22N4O3S. The average Bonchev–Trinajstić information content (AvgIpc) is 3.02. The van der Waals surface area contributed by atoms with Gasteiger partial charge >= 0.3 is 0 Å². The molecule has 0 saturated carbocycles. The third-order valence-corrected chi connectivity index (χ3v) is 5.65. The number of para-hydroxylation sites is 2. The summed E-state index contributed by atoms with van der Waals surface area (Å²) in [5, 5.41) is 0. The first-order chi connectivity index (χ1) is 12.8. The predicted octanol–water partition coefficient (Wildman–Crippen LogP) is 2.52. The summed E-state index contributed by atoms with van der Waals surface area (Å²) in [5.41, 5.74) is 2.18. The number of carbonyl (C=O) groups is 1. The summed E-state index contributed by atoms with van der Waals surface area (Å²) in [6.45, 7) is 3.83. The van der Waals surface area contributed by atoms with Crippen molar-refractivity contribution in [2.24, 2.45) is 0 Å². The molecule has 2 N–H and O–H groups in total. The van der Waals surface area contributed by atoms with Gasteiger partial charge in [-0.05, 0) is 50.2 Å². The van der Waals surface area contributed by atoms with Crippen molar-refractivity contribution < 1.29 is 13.2 Å². The average molecular weight is 386 g/mol. The summed E-state index contributed by atoms with van der Waals surface area (Å²) in [7, 11) is -1.89. The lowest BCUT2D eigenvalue weighted by Crippen LogP contribution is -2.30. The third kappa shape index (κ3) is 4.35. The molecule has 0 fully saturated rings. The van der Waals surface area contributed by atoms with Crippen LogP contribution in [0, 0.1) is 0 Å². The predicted molar refractivity (Wildman–Crippen MR) is 104 cm³/mol. The fourth-order valence-electron chi connectivity index (χ4n) is 2.75. The number of amides is 1. The van der Waals surface area contributed by atoms with Crippen LogP contribution >= 0.6 is 0 Å². The van der Waals surface area contributed by atoms with Gasteiger partial charge in [-0.25, -0.2) is 18.1 Å². The monoisotopic (exact) mass is 386 g/mol. The summed E-state index contributed by atoms with van der Waals surface area (Å²) < 4.78 is 26.8. The fraction of sp³-hybridized carbons (Fsp3) is 0.263. The highest BCUT2D eigenvalue weighted by molar-refractivity contribution is 7.89. The van der Waals surface area contributed by atoms with Crippen molar-refractivity contribution >= 4 is 27.0 Å². The van der Waals surface area contributed by atoms with Gasteiger partial charge in [-0.15, -0.1) is 0 Å². The van der Waals surface area contributed by atoms with Gasteiger partial charge in [-0.1, -0.05) is 12.1 Å². The number of nitrogens with zero attached hydrogens (tertiary/aromatic N) is 2. The Hall–Kier alpha value is -2.71. The maximum atomic E-state index is 12.6. The van der Waals surface area contributed by atoms with Crippen molar-refractivity contribution in [2.75, 3.05) is 7.05 Å². The summed E-state index contributed by atoms with van der Waals surface area (Å²) in [6, 6.07) is 13.4. The number of nitrogens with one attached hydrogen (secondary N) is 2. The lowest BCUT2D eigenvalue weighted by Gasteiger charge is -2.16. The topological polar surface area (TPSA) is 95.2 Å². The number of rotatable bonds is 6. The van der Waals surface area contributed by atoms with E-state index in [1.807, 2.05) is 24.3 Å². The molecule has 1 amide bonds. The summed E-state index contributed by atoms with van der Waals surface area (Å²) >= 11 is 0. The van der Waals surface area contributed by atoms with E-state index in [0.29, 0.717) is 17.9 Å². The minimum atomic E-state index is -3.58. The Balaban J connectivity index is 1.73. The van der Waals surface area contributed by atoms with Crippen molar-refractivity contribution in [3.8, 4) is 0 Å². The van der Waals surface area contributed by atoms with E-state index >= 15 is 0 Å². The van der Waals surface area contributed by atoms with E-state index < -0.39 is 10.0 Å². The lowest BCUT2D eigenvalue weighted by molar-refractivity contribution is 0.0782. The SMILES string of the molecule is CC(C)NS(=O)(=O)c1ccc(C(=O)N(C)Cc2nc3ccccc3[nH]2)cc1. The van der Waals surface area contributed by atoms with Crippen molar-refractivity contribution in [2.45, 2.75) is 31.3 Å². The van der Waals surface area contributed by atoms with Crippen LogP contribution < -0.4 is 4.72 Å². The van der Waals surface area contributed by atoms with E-state index in [9.17, 15) is 13.2 Å². The smallest absolute Gasteiger partial charge is 0.254 e. The number of fused-ring (bicyclic) bond motifs is 1. The van der Waals surface area contributed by atoms with Gasteiger partial charge in [-0.3, -0.25) is 4.79 Å². The largest absolute Gasteiger partial charge is 0.340 e. The normalized spacial score (nSPS) is 11.9. The highest BCUT2D eigenvalue weighted by Crippen LogP contribution is 2.15. The van der Waals surface area contributed by atoms with Crippen molar-refractivity contribution in [3.05, 3.63) is 59.9 Å². The van der Waals surface area contributed by atoms with Crippen LogP contribution in [-0.4, -0.2) is 42.3 Å². The molecule has 0 bridgehead atoms. The molecular weight excluding hydrogens is 364 g/mol. The molecule has 27 heavy (non-hydrogen) atoms. The standard InChI is InChI=1S/C19H22N4O3S/c1-13(2)22-27(25,26)15-10-8-14(9-11-15)19(24)23(3)12-18-20-16-6-4-5-7-17(16)21-18/h4-11,13,22H,12H2,1-3H3,(H,20,21). The fourth-order valence-corrected chi connectivity index (χ4v) is 4.00. The van der Waals surface area contributed by atoms with Gasteiger partial charge in [0.1, 0.15) is 5.82 Å². The molecule has 1 heterocycles. The molecule has 0 aliphatic rings. The second-order valence-corrected chi connectivity index (χ2v) is 8.38. The van der Waals surface area contributed by atoms with Gasteiger partial charge < -0.3 is 9.88 Å². The highest BCUT2D eigenvalue weighted by Gasteiger charge is 2.18. The zero-order valence-electron chi connectivity index (χ0n) is 15.4. The molecule has 7 nitrogen and oxygen atoms in total. The Bertz CT molecular complexity index is 1020. The molecule has 3 rings (SSSR count). The van der Waals surface area contributed by atoms with Crippen LogP contribution in [0.25, 0.3) is 11.0 Å². The molecule has 0 aliphatic heterocycles. The van der Waals surface area contributed by atoms with Gasteiger partial charge in [0.25, 0.3) is 5.91 Å². The first-order valence-corrected chi connectivity index (χ1v) is 10.1. The van der Waals surface area contributed by atoms with Crippen LogP contribution in [0.2, 0.25) is 0 Å². The third-order valence-electron chi connectivity index (χ3n) is 3.97. The van der Waals surface area contributed by atoms with E-state index in [1.165, 1.54) is 29.2 Å². The second kappa shape index (κ2) is 7.50. The van der Waals surface area contributed by atoms with Gasteiger partial charge in [0.2, 0.25) is 10.0 Å². The quantitative estimate of drug-likeness (QED) is 0.680. The minimum Gasteiger partial charge on any atom is -0.340 e. The lowest BCUT2D eigenvalue weighted by atomic mass is 10.2. The molecule has 142 valence electrons. The molecule has 2 aromatic carbocycles. The molecule has 0 atom stereocenters. The van der Waals surface area contributed by atoms with Gasteiger partial charge in [0.05, 0.1) is 22.5 Å². The number of H-pyrrole nitrogens is 1. The van der Waals surface area contributed by atoms with E-state index in [2.05, 4.69) is 14.7 Å². The summed E-state index contributed by atoms with van der Waals surface area (Å²) in [6.07, 6.45) is 0. The molecule has 0 radical (unpaired) electrons. The Morgan fingerprint density at radius 1 is 1.15 bits per heavy atom. The first-order valence-electron chi connectivity index (χ1n) is 8.58. The van der Waals surface area contributed by atoms with Gasteiger partial charge in [-0.2, -0.15) is 0 Å². The van der Waals surface area contributed by atoms with Crippen LogP contribution in [-0.2, 0) is 16.6 Å². The van der Waals surface area contributed by atoms with Crippen molar-refractivity contribution in [1.82, 2.24) is 19.6 Å². The van der Waals surface area contributed by atoms with Crippen molar-refractivity contribution in [3.63, 3.8) is 0 Å². The molecule has 0 saturated heterocycles. The van der Waals surface area contributed by atoms with Gasteiger partial charge in [0, 0.05) is 18.7 Å². The van der Waals surface area contributed by atoms with Gasteiger partial charge in [0.15, 0.2) is 0 Å². The number of imidazole rings is 1. The zero-order valence-corrected chi connectivity index (χ0v) is 16.2. The first kappa shape index (κ1) is 19.1. The maximum absolute atomic E-state index is 12.6. The Labute approximate surface area is 158 Å². The molecule has 3 aromatic rings. The van der Waals surface area contributed by atoms with Crippen LogP contribution in [0.4, 0.5) is 0 Å². The number of hydrogen-bond donors (Lipinski definition) is 2. The zero-order chi connectivity index (χ0) is 19.6. The van der Waals surface area contributed by atoms with E-state index in [-0.39, 0.29) is 16.8 Å². The van der Waals surface area contributed by atoms with E-state index in [1.54, 1.807) is 20.9 Å². The van der Waals surface area contributed by atoms with E-state index in [0.717, 1.165) is 11.0 Å². The second-order valence-electron chi connectivity index (χ2n) is 6.66. The molecule has 0 aliphatic carbocycles. The Morgan fingerprint density at radius 2 is 1.81 bits per heavy atom. The number of aromatic nitrogens is 2. The van der Waals surface area contributed by atoms with Crippen LogP contribution in [0.15, 0.2) is 53.4 Å². The maximum Gasteiger partial charge on any atom is 0.254 e. The number of carbonyl (C=O) groups excluding carboxylic acids is 1. The van der Waals surface area contributed by atoms with Crippen LogP contribution in [0.1, 0.15) is 30.0 Å². The summed E-state index contributed by atoms with van der Waals surface area (Å²) in [5.74, 6) is 0.476. The highest BCUT2D eigenvalue weighted by atomic mass is 32.2. The van der Waals surface area contributed by atoms with Crippen molar-refractivity contribution in [1.29, 1.82) is 0 Å². The Morgan fingerprint density at radius 3 is 2.44 bits per heavy atom. The number of benzene rings is 2. The Kier molecular flexibility index (Phi) is 5.29. The summed E-state index contributed by atoms with van der Waals surface area (Å²) in [4.78, 5) is 21.9. The molecule has 1 aromatic heterocycles.